The van der Waals surface area contributed by atoms with Gasteiger partial charge in [0.15, 0.2) is 0 Å². The number of hydrogen-bond acceptors (Lipinski definition) is 3. The van der Waals surface area contributed by atoms with Crippen LogP contribution < -0.4 is 25.4 Å². The lowest BCUT2D eigenvalue weighted by Gasteiger charge is -2.34. The molecule has 0 aliphatic carbocycles. The molecule has 3 aromatic carbocycles. The van der Waals surface area contributed by atoms with E-state index in [4.69, 9.17) is 9.47 Å². The molecule has 0 unspecified atom stereocenters. The number of ether oxygens (including phenoxy) is 2. The number of methoxy groups -OCH3 is 2. The minimum absolute atomic E-state index is 0.193. The third kappa shape index (κ3) is 6.86. The number of carboxylic acids is 1. The van der Waals surface area contributed by atoms with Gasteiger partial charge >= 0.3 is 5.97 Å². The Hall–Kier alpha value is -2.84. The van der Waals surface area contributed by atoms with Gasteiger partial charge in [0.2, 0.25) is 0 Å². The first-order chi connectivity index (χ1) is 19.1. The highest BCUT2D eigenvalue weighted by Gasteiger charge is 2.34. The van der Waals surface area contributed by atoms with Gasteiger partial charge in [-0.1, -0.05) is 101 Å². The topological polar surface area (TPSA) is 55.8 Å². The molecular formula is C37H51O4P. The molecule has 0 radical (unpaired) electrons. The SMILES string of the molecule is COc1c(C(C)(C)C)cc(P(c2cc(C(C)(C)C)c(OC)c(C(C)(C)C)c2)c2ccccc2C(=O)O)cc1C(C)(C)C. The van der Waals surface area contributed by atoms with Crippen molar-refractivity contribution in [2.24, 2.45) is 0 Å². The molecule has 3 rings (SSSR count). The highest BCUT2D eigenvalue weighted by Crippen LogP contribution is 2.46. The Labute approximate surface area is 255 Å². The first-order valence-electron chi connectivity index (χ1n) is 14.7. The average Bonchev–Trinajstić information content (AvgIpc) is 2.86. The lowest BCUT2D eigenvalue weighted by atomic mass is 9.79. The molecule has 0 amide bonds. The van der Waals surface area contributed by atoms with Crippen molar-refractivity contribution in [1.29, 1.82) is 0 Å². The standard InChI is InChI=1S/C37H51O4P/c1-34(2,3)26-19-23(20-27(31(26)40-13)35(4,5)6)42(30-18-16-15-17-25(30)33(38)39)24-21-28(36(7,8)9)32(41-14)29(22-24)37(10,11)12/h15-22H,1-14H3,(H,38,39). The van der Waals surface area contributed by atoms with Crippen LogP contribution >= 0.6 is 7.92 Å². The number of carboxylic acid groups (broad SMARTS) is 1. The van der Waals surface area contributed by atoms with Crippen LogP contribution in [0.25, 0.3) is 0 Å². The van der Waals surface area contributed by atoms with Crippen molar-refractivity contribution in [2.45, 2.75) is 105 Å². The van der Waals surface area contributed by atoms with Crippen molar-refractivity contribution in [3.8, 4) is 11.5 Å². The number of benzene rings is 3. The van der Waals surface area contributed by atoms with Crippen LogP contribution in [-0.2, 0) is 21.7 Å². The summed E-state index contributed by atoms with van der Waals surface area (Å²) in [4.78, 5) is 12.7. The monoisotopic (exact) mass is 590 g/mol. The first-order valence-corrected chi connectivity index (χ1v) is 16.1. The minimum atomic E-state index is -1.28. The highest BCUT2D eigenvalue weighted by atomic mass is 31.1. The molecule has 42 heavy (non-hydrogen) atoms. The fraction of sp³-hybridized carbons (Fsp3) is 0.486. The number of hydrogen-bond donors (Lipinski definition) is 1. The van der Waals surface area contributed by atoms with Crippen LogP contribution in [0.3, 0.4) is 0 Å². The molecule has 0 saturated carbocycles. The second-order valence-corrected chi connectivity index (χ2v) is 17.5. The summed E-state index contributed by atoms with van der Waals surface area (Å²) in [6, 6.07) is 16.5. The molecule has 3 aromatic rings. The van der Waals surface area contributed by atoms with Gasteiger partial charge in [-0.05, 0) is 75.8 Å². The molecule has 0 saturated heterocycles. The Balaban J connectivity index is 2.63. The Morgan fingerprint density at radius 2 is 0.905 bits per heavy atom. The molecule has 0 heterocycles. The molecule has 5 heteroatoms. The van der Waals surface area contributed by atoms with Crippen molar-refractivity contribution < 1.29 is 19.4 Å². The van der Waals surface area contributed by atoms with Crippen molar-refractivity contribution in [2.75, 3.05) is 14.2 Å². The van der Waals surface area contributed by atoms with E-state index in [0.29, 0.717) is 5.56 Å². The highest BCUT2D eigenvalue weighted by molar-refractivity contribution is 7.80. The molecule has 0 bridgehead atoms. The van der Waals surface area contributed by atoms with Gasteiger partial charge in [-0.3, -0.25) is 0 Å². The van der Waals surface area contributed by atoms with Crippen LogP contribution in [0.5, 0.6) is 11.5 Å². The van der Waals surface area contributed by atoms with E-state index in [1.54, 1.807) is 20.3 Å². The predicted molar refractivity (Wildman–Crippen MR) is 180 cm³/mol. The Bertz CT molecular complexity index is 1300. The second kappa shape index (κ2) is 11.7. The maximum Gasteiger partial charge on any atom is 0.336 e. The number of rotatable bonds is 6. The zero-order chi connectivity index (χ0) is 32.0. The Kier molecular flexibility index (Phi) is 9.36. The van der Waals surface area contributed by atoms with Gasteiger partial charge in [-0.15, -0.1) is 0 Å². The van der Waals surface area contributed by atoms with Gasteiger partial charge in [0.05, 0.1) is 19.8 Å². The van der Waals surface area contributed by atoms with Crippen LogP contribution in [0.2, 0.25) is 0 Å². The molecule has 0 aliphatic rings. The van der Waals surface area contributed by atoms with Crippen LogP contribution in [0.15, 0.2) is 48.5 Å². The molecular weight excluding hydrogens is 539 g/mol. The summed E-state index contributed by atoms with van der Waals surface area (Å²) in [6.45, 7) is 26.5. The van der Waals surface area contributed by atoms with Crippen LogP contribution in [0.4, 0.5) is 0 Å². The Morgan fingerprint density at radius 3 is 1.17 bits per heavy atom. The zero-order valence-electron chi connectivity index (χ0n) is 28.2. The fourth-order valence-corrected chi connectivity index (χ4v) is 7.96. The third-order valence-corrected chi connectivity index (χ3v) is 10.1. The van der Waals surface area contributed by atoms with Gasteiger partial charge in [-0.25, -0.2) is 4.79 Å². The molecule has 4 nitrogen and oxygen atoms in total. The van der Waals surface area contributed by atoms with E-state index in [-0.39, 0.29) is 21.7 Å². The van der Waals surface area contributed by atoms with Gasteiger partial charge in [0, 0.05) is 22.3 Å². The van der Waals surface area contributed by atoms with E-state index in [9.17, 15) is 9.90 Å². The van der Waals surface area contributed by atoms with E-state index in [0.717, 1.165) is 49.7 Å². The van der Waals surface area contributed by atoms with E-state index < -0.39 is 13.9 Å². The van der Waals surface area contributed by atoms with Crippen molar-refractivity contribution in [1.82, 2.24) is 0 Å². The average molecular weight is 591 g/mol. The summed E-state index contributed by atoms with van der Waals surface area (Å²) in [5, 5.41) is 13.4. The largest absolute Gasteiger partial charge is 0.496 e. The second-order valence-electron chi connectivity index (χ2n) is 15.3. The van der Waals surface area contributed by atoms with Crippen molar-refractivity contribution in [3.05, 3.63) is 76.3 Å². The lowest BCUT2D eigenvalue weighted by molar-refractivity contribution is 0.0698. The zero-order valence-corrected chi connectivity index (χ0v) is 29.1. The third-order valence-electron chi connectivity index (χ3n) is 7.68. The first kappa shape index (κ1) is 33.7. The molecule has 0 fully saturated rings. The smallest absolute Gasteiger partial charge is 0.336 e. The molecule has 0 spiro atoms. The predicted octanol–water partition coefficient (Wildman–Crippen LogP) is 8.35. The quantitative estimate of drug-likeness (QED) is 0.293. The van der Waals surface area contributed by atoms with Crippen LogP contribution in [0, 0.1) is 0 Å². The maximum atomic E-state index is 12.7. The van der Waals surface area contributed by atoms with E-state index in [2.05, 4.69) is 107 Å². The summed E-state index contributed by atoms with van der Waals surface area (Å²) < 4.78 is 12.2. The normalized spacial score (nSPS) is 12.9. The minimum Gasteiger partial charge on any atom is -0.496 e. The van der Waals surface area contributed by atoms with Crippen molar-refractivity contribution in [3.63, 3.8) is 0 Å². The van der Waals surface area contributed by atoms with Crippen molar-refractivity contribution >= 4 is 29.8 Å². The summed E-state index contributed by atoms with van der Waals surface area (Å²) in [5.74, 6) is 0.890. The van der Waals surface area contributed by atoms with E-state index in [1.165, 1.54) is 0 Å². The van der Waals surface area contributed by atoms with Gasteiger partial charge in [-0.2, -0.15) is 0 Å². The Morgan fingerprint density at radius 1 is 0.595 bits per heavy atom. The number of carbonyl (C=O) groups is 1. The molecule has 0 aromatic heterocycles. The maximum absolute atomic E-state index is 12.7. The molecule has 1 N–H and O–H groups in total. The fourth-order valence-electron chi connectivity index (χ4n) is 5.43. The van der Waals surface area contributed by atoms with Crippen LogP contribution in [0.1, 0.15) is 116 Å². The summed E-state index contributed by atoms with van der Waals surface area (Å²) in [7, 11) is 2.21. The van der Waals surface area contributed by atoms with Gasteiger partial charge < -0.3 is 14.6 Å². The summed E-state index contributed by atoms with van der Waals surface area (Å²) in [5.41, 5.74) is 4.04. The van der Waals surface area contributed by atoms with Gasteiger partial charge in [0.1, 0.15) is 11.5 Å². The summed E-state index contributed by atoms with van der Waals surface area (Å²) in [6.07, 6.45) is 0. The van der Waals surface area contributed by atoms with E-state index in [1.807, 2.05) is 18.2 Å². The molecule has 0 atom stereocenters. The van der Waals surface area contributed by atoms with E-state index >= 15 is 0 Å². The molecule has 0 aliphatic heterocycles. The number of aromatic carboxylic acids is 1. The lowest BCUT2D eigenvalue weighted by Crippen LogP contribution is -2.30. The van der Waals surface area contributed by atoms with Crippen LogP contribution in [-0.4, -0.2) is 25.3 Å². The molecule has 228 valence electrons. The summed E-state index contributed by atoms with van der Waals surface area (Å²) >= 11 is 0. The van der Waals surface area contributed by atoms with Gasteiger partial charge in [0.25, 0.3) is 0 Å².